The zero-order valence-electron chi connectivity index (χ0n) is 23.3. The first-order valence-electron chi connectivity index (χ1n) is 13.1. The smallest absolute Gasteiger partial charge is 0.419 e. The molecule has 1 aliphatic rings. The van der Waals surface area contributed by atoms with Gasteiger partial charge in [0.25, 0.3) is 0 Å². The first kappa shape index (κ1) is 28.1. The molecule has 1 N–H and O–H groups in total. The molecule has 1 saturated carbocycles. The van der Waals surface area contributed by atoms with Crippen molar-refractivity contribution in [3.05, 3.63) is 54.6 Å². The molecule has 10 heteroatoms. The van der Waals surface area contributed by atoms with Crippen LogP contribution < -0.4 is 0 Å². The Morgan fingerprint density at radius 1 is 1.03 bits per heavy atom. The van der Waals surface area contributed by atoms with Crippen molar-refractivity contribution in [1.29, 1.82) is 0 Å². The Morgan fingerprint density at radius 3 is 2.28 bits per heavy atom. The molecule has 0 bridgehead atoms. The molecule has 3 aromatic rings. The predicted molar refractivity (Wildman–Crippen MR) is 145 cm³/mol. The van der Waals surface area contributed by atoms with E-state index in [1.54, 1.807) is 58.6 Å². The van der Waals surface area contributed by atoms with Crippen LogP contribution in [-0.4, -0.2) is 60.4 Å². The summed E-state index contributed by atoms with van der Waals surface area (Å²) in [6.45, 7) is 10.4. The van der Waals surface area contributed by atoms with Crippen LogP contribution >= 0.6 is 0 Å². The maximum Gasteiger partial charge on any atom is 0.419 e. The van der Waals surface area contributed by atoms with Crippen molar-refractivity contribution in [2.45, 2.75) is 77.4 Å². The fourth-order valence-electron chi connectivity index (χ4n) is 4.63. The number of aliphatic carboxylic acids is 1. The SMILES string of the molecule is CC(C)(C)OC(=O)N(CCC[C@H]1CC1(C(=O)O)c1cn(-c2ccc3ccccc3n2)cn1)C(=O)OC(C)(C)C. The second-order valence-corrected chi connectivity index (χ2v) is 12.0. The van der Waals surface area contributed by atoms with E-state index in [1.165, 1.54) is 0 Å². The molecule has 2 atom stereocenters. The zero-order valence-corrected chi connectivity index (χ0v) is 23.3. The van der Waals surface area contributed by atoms with Crippen LogP contribution in [0.1, 0.15) is 66.5 Å². The molecule has 39 heavy (non-hydrogen) atoms. The minimum atomic E-state index is -1.12. The normalized spacial score (nSPS) is 19.0. The Morgan fingerprint density at radius 2 is 1.67 bits per heavy atom. The predicted octanol–water partition coefficient (Wildman–Crippen LogP) is 5.72. The van der Waals surface area contributed by atoms with E-state index in [0.29, 0.717) is 30.8 Å². The summed E-state index contributed by atoms with van der Waals surface area (Å²) in [6.07, 6.45) is 3.01. The average molecular weight is 537 g/mol. The lowest BCUT2D eigenvalue weighted by atomic mass is 9.97. The second-order valence-electron chi connectivity index (χ2n) is 12.0. The standard InChI is InChI=1S/C29H36N4O6/c1-27(2,3)38-25(36)33(26(37)39-28(4,5)6)15-9-11-20-16-29(20,24(34)35)22-17-32(18-30-22)23-14-13-19-10-7-8-12-21(19)31-23/h7-8,10,12-14,17-18,20H,9,11,15-16H2,1-6H3,(H,34,35)/t20-,29?/m0/s1. The summed E-state index contributed by atoms with van der Waals surface area (Å²) in [6, 6.07) is 11.6. The number of carbonyl (C=O) groups is 3. The summed E-state index contributed by atoms with van der Waals surface area (Å²) in [5, 5.41) is 11.2. The summed E-state index contributed by atoms with van der Waals surface area (Å²) in [4.78, 5) is 48.0. The van der Waals surface area contributed by atoms with Crippen LogP contribution in [0.15, 0.2) is 48.9 Å². The maximum atomic E-state index is 12.7. The highest BCUT2D eigenvalue weighted by atomic mass is 16.6. The van der Waals surface area contributed by atoms with Crippen LogP contribution in [0.4, 0.5) is 9.59 Å². The van der Waals surface area contributed by atoms with Crippen molar-refractivity contribution < 1.29 is 29.0 Å². The molecule has 2 heterocycles. The highest BCUT2D eigenvalue weighted by Gasteiger charge is 2.62. The number of hydrogen-bond acceptors (Lipinski definition) is 7. The van der Waals surface area contributed by atoms with Gasteiger partial charge in [0.1, 0.15) is 28.8 Å². The van der Waals surface area contributed by atoms with Gasteiger partial charge in [-0.1, -0.05) is 18.2 Å². The quantitative estimate of drug-likeness (QED) is 0.407. The Kier molecular flexibility index (Phi) is 7.42. The van der Waals surface area contributed by atoms with Gasteiger partial charge in [-0.05, 0) is 84.9 Å². The Labute approximate surface area is 227 Å². The molecule has 208 valence electrons. The van der Waals surface area contributed by atoms with Gasteiger partial charge >= 0.3 is 18.2 Å². The lowest BCUT2D eigenvalue weighted by molar-refractivity contribution is -0.140. The molecule has 1 aliphatic carbocycles. The molecule has 1 unspecified atom stereocenters. The first-order valence-corrected chi connectivity index (χ1v) is 13.1. The minimum Gasteiger partial charge on any atom is -0.481 e. The number of aromatic nitrogens is 3. The van der Waals surface area contributed by atoms with Crippen molar-refractivity contribution in [2.24, 2.45) is 5.92 Å². The third-order valence-electron chi connectivity index (χ3n) is 6.54. The number of hydrogen-bond donors (Lipinski definition) is 1. The fraction of sp³-hybridized carbons (Fsp3) is 0.483. The van der Waals surface area contributed by atoms with Gasteiger partial charge in [-0.15, -0.1) is 0 Å². The topological polar surface area (TPSA) is 124 Å². The number of amides is 2. The number of nitrogens with zero attached hydrogens (tertiary/aromatic N) is 4. The van der Waals surface area contributed by atoms with Crippen molar-refractivity contribution in [3.8, 4) is 5.82 Å². The second kappa shape index (κ2) is 10.3. The molecule has 10 nitrogen and oxygen atoms in total. The molecule has 2 amide bonds. The number of para-hydroxylation sites is 1. The van der Waals surface area contributed by atoms with Crippen LogP contribution in [0.3, 0.4) is 0 Å². The van der Waals surface area contributed by atoms with Gasteiger partial charge in [-0.2, -0.15) is 0 Å². The summed E-state index contributed by atoms with van der Waals surface area (Å²) >= 11 is 0. The molecule has 2 aromatic heterocycles. The van der Waals surface area contributed by atoms with E-state index in [0.717, 1.165) is 15.8 Å². The molecule has 1 fully saturated rings. The van der Waals surface area contributed by atoms with Gasteiger partial charge in [-0.3, -0.25) is 9.36 Å². The molecule has 0 spiro atoms. The highest BCUT2D eigenvalue weighted by Crippen LogP contribution is 2.56. The zero-order chi connectivity index (χ0) is 28.6. The third kappa shape index (κ3) is 6.38. The largest absolute Gasteiger partial charge is 0.481 e. The number of imide groups is 1. The lowest BCUT2D eigenvalue weighted by Crippen LogP contribution is -2.44. The Balaban J connectivity index is 1.45. The molecule has 0 radical (unpaired) electrons. The number of imidazole rings is 1. The number of fused-ring (bicyclic) bond motifs is 1. The molecule has 0 saturated heterocycles. The van der Waals surface area contributed by atoms with Crippen LogP contribution in [0.5, 0.6) is 0 Å². The average Bonchev–Trinajstić information content (AvgIpc) is 3.35. The summed E-state index contributed by atoms with van der Waals surface area (Å²) < 4.78 is 12.5. The number of rotatable bonds is 7. The number of benzene rings is 1. The van der Waals surface area contributed by atoms with Gasteiger partial charge in [0.05, 0.1) is 11.2 Å². The molecule has 4 rings (SSSR count). The van der Waals surface area contributed by atoms with Gasteiger partial charge < -0.3 is 14.6 Å². The summed E-state index contributed by atoms with van der Waals surface area (Å²) in [5.74, 6) is -0.488. The van der Waals surface area contributed by atoms with Gasteiger partial charge in [0, 0.05) is 18.1 Å². The fourth-order valence-corrected chi connectivity index (χ4v) is 4.63. The van der Waals surface area contributed by atoms with Crippen molar-refractivity contribution in [1.82, 2.24) is 19.4 Å². The van der Waals surface area contributed by atoms with E-state index < -0.39 is 34.8 Å². The highest BCUT2D eigenvalue weighted by molar-refractivity contribution is 5.88. The van der Waals surface area contributed by atoms with E-state index >= 15 is 0 Å². The van der Waals surface area contributed by atoms with Crippen LogP contribution in [0.25, 0.3) is 16.7 Å². The number of pyridine rings is 1. The number of carboxylic acids is 1. The number of carbonyl (C=O) groups excluding carboxylic acids is 2. The van der Waals surface area contributed by atoms with Gasteiger partial charge in [-0.25, -0.2) is 24.5 Å². The van der Waals surface area contributed by atoms with Crippen LogP contribution in [0, 0.1) is 5.92 Å². The Hall–Kier alpha value is -3.95. The molecule has 0 aliphatic heterocycles. The maximum absolute atomic E-state index is 12.7. The van der Waals surface area contributed by atoms with Crippen LogP contribution in [-0.2, 0) is 19.7 Å². The van der Waals surface area contributed by atoms with E-state index in [9.17, 15) is 19.5 Å². The first-order chi connectivity index (χ1) is 18.2. The number of carboxylic acid groups (broad SMARTS) is 1. The monoisotopic (exact) mass is 536 g/mol. The summed E-state index contributed by atoms with van der Waals surface area (Å²) in [5.41, 5.74) is -1.39. The van der Waals surface area contributed by atoms with Crippen LogP contribution in [0.2, 0.25) is 0 Å². The molecular formula is C29H36N4O6. The van der Waals surface area contributed by atoms with Crippen molar-refractivity contribution >= 4 is 29.1 Å². The number of ether oxygens (including phenoxy) is 2. The van der Waals surface area contributed by atoms with E-state index in [4.69, 9.17) is 9.47 Å². The van der Waals surface area contributed by atoms with E-state index in [1.807, 2.05) is 36.4 Å². The molecular weight excluding hydrogens is 500 g/mol. The van der Waals surface area contributed by atoms with Gasteiger partial charge in [0.2, 0.25) is 0 Å². The van der Waals surface area contributed by atoms with Crippen molar-refractivity contribution in [2.75, 3.05) is 6.54 Å². The lowest BCUT2D eigenvalue weighted by Gasteiger charge is -2.28. The Bertz CT molecular complexity index is 1360. The minimum absolute atomic E-state index is 0.0471. The van der Waals surface area contributed by atoms with Gasteiger partial charge in [0.15, 0.2) is 0 Å². The third-order valence-corrected chi connectivity index (χ3v) is 6.54. The summed E-state index contributed by atoms with van der Waals surface area (Å²) in [7, 11) is 0. The van der Waals surface area contributed by atoms with Crippen molar-refractivity contribution in [3.63, 3.8) is 0 Å². The van der Waals surface area contributed by atoms with E-state index in [-0.39, 0.29) is 12.5 Å². The van der Waals surface area contributed by atoms with E-state index in [2.05, 4.69) is 9.97 Å². The molecule has 1 aromatic carbocycles.